The molecule has 17 heteroatoms. The van der Waals surface area contributed by atoms with E-state index in [1.165, 1.54) is 0 Å². The Morgan fingerprint density at radius 1 is 0.750 bits per heavy atom. The standard InChI is InChI=1S/C19H36F6O7Si4/c1-33(2,3)30-36(31-34(4,5)6,32-35(7,8)9)12-10-11-13(15(26)27)14(16(28)29)18(22,17(20)21)19(23,24)25/h17H,10-12H2,1-9H3,(H,26,27)(H,28,29). The van der Waals surface area contributed by atoms with Gasteiger partial charge in [0, 0.05) is 6.04 Å². The van der Waals surface area contributed by atoms with E-state index in [-0.39, 0.29) is 12.5 Å². The van der Waals surface area contributed by atoms with Crippen molar-refractivity contribution in [3.05, 3.63) is 11.1 Å². The zero-order valence-electron chi connectivity index (χ0n) is 21.9. The number of halogens is 6. The highest BCUT2D eigenvalue weighted by atomic mass is 28.5. The lowest BCUT2D eigenvalue weighted by molar-refractivity contribution is -0.253. The zero-order valence-corrected chi connectivity index (χ0v) is 25.9. The lowest BCUT2D eigenvalue weighted by Gasteiger charge is -2.43. The van der Waals surface area contributed by atoms with Crippen LogP contribution in [-0.4, -0.2) is 74.2 Å². The molecule has 36 heavy (non-hydrogen) atoms. The van der Waals surface area contributed by atoms with Gasteiger partial charge in [-0.05, 0) is 71.8 Å². The van der Waals surface area contributed by atoms with E-state index in [0.29, 0.717) is 0 Å². The first-order valence-corrected chi connectivity index (χ1v) is 23.2. The molecule has 0 aliphatic rings. The molecule has 0 fully saturated rings. The SMILES string of the molecule is C[Si](C)(C)O[Si](CCCC(C(=O)O)=C(C(=O)O)C(F)(C(F)F)C(F)(F)F)(O[Si](C)(C)C)O[Si](C)(C)C. The maximum Gasteiger partial charge on any atom is 0.469 e. The van der Waals surface area contributed by atoms with Gasteiger partial charge in [-0.2, -0.15) is 13.2 Å². The smallest absolute Gasteiger partial charge is 0.469 e. The molecule has 0 aliphatic heterocycles. The van der Waals surface area contributed by atoms with Gasteiger partial charge in [0.25, 0.3) is 12.1 Å². The van der Waals surface area contributed by atoms with Crippen LogP contribution in [-0.2, 0) is 21.9 Å². The Kier molecular flexibility index (Phi) is 11.5. The van der Waals surface area contributed by atoms with Gasteiger partial charge >= 0.3 is 26.9 Å². The van der Waals surface area contributed by atoms with E-state index in [1.807, 2.05) is 58.9 Å². The van der Waals surface area contributed by atoms with Crippen molar-refractivity contribution in [2.24, 2.45) is 0 Å². The minimum atomic E-state index is -6.38. The van der Waals surface area contributed by atoms with E-state index in [4.69, 9.17) is 12.3 Å². The fraction of sp³-hybridized carbons (Fsp3) is 0.789. The van der Waals surface area contributed by atoms with Crippen LogP contribution >= 0.6 is 0 Å². The maximum absolute atomic E-state index is 14.6. The van der Waals surface area contributed by atoms with Crippen LogP contribution in [0.25, 0.3) is 0 Å². The van der Waals surface area contributed by atoms with Gasteiger partial charge in [0.15, 0.2) is 25.0 Å². The van der Waals surface area contributed by atoms with Crippen molar-refractivity contribution in [1.82, 2.24) is 0 Å². The Balaban J connectivity index is 6.69. The molecule has 0 amide bonds. The average Bonchev–Trinajstić information content (AvgIpc) is 2.53. The fourth-order valence-corrected chi connectivity index (χ4v) is 18.0. The highest BCUT2D eigenvalue weighted by Crippen LogP contribution is 2.46. The monoisotopic (exact) mass is 602 g/mol. The minimum Gasteiger partial charge on any atom is -0.478 e. The van der Waals surface area contributed by atoms with Gasteiger partial charge in [0.1, 0.15) is 0 Å². The van der Waals surface area contributed by atoms with Crippen molar-refractivity contribution in [3.63, 3.8) is 0 Å². The molecule has 1 atom stereocenters. The molecule has 1 unspecified atom stereocenters. The lowest BCUT2D eigenvalue weighted by Crippen LogP contribution is -2.60. The van der Waals surface area contributed by atoms with Gasteiger partial charge in [-0.3, -0.25) is 0 Å². The molecule has 0 radical (unpaired) electrons. The molecule has 0 saturated heterocycles. The predicted octanol–water partition coefficient (Wildman–Crippen LogP) is 6.26. The Morgan fingerprint density at radius 2 is 1.11 bits per heavy atom. The molecule has 0 aromatic carbocycles. The van der Waals surface area contributed by atoms with Gasteiger partial charge in [-0.15, -0.1) is 0 Å². The number of hydrogen-bond acceptors (Lipinski definition) is 5. The summed E-state index contributed by atoms with van der Waals surface area (Å²) >= 11 is 0. The largest absolute Gasteiger partial charge is 0.478 e. The van der Waals surface area contributed by atoms with E-state index in [1.54, 1.807) is 0 Å². The third-order valence-corrected chi connectivity index (χ3v) is 16.2. The van der Waals surface area contributed by atoms with Gasteiger partial charge < -0.3 is 22.6 Å². The third-order valence-electron chi connectivity index (χ3n) is 4.15. The van der Waals surface area contributed by atoms with Crippen LogP contribution in [0.4, 0.5) is 26.3 Å². The summed E-state index contributed by atoms with van der Waals surface area (Å²) in [5.74, 6) is -5.00. The number of carbonyl (C=O) groups is 2. The normalized spacial score (nSPS) is 16.6. The zero-order chi connectivity index (χ0) is 29.1. The molecule has 7 nitrogen and oxygen atoms in total. The van der Waals surface area contributed by atoms with E-state index in [0.717, 1.165) is 0 Å². The van der Waals surface area contributed by atoms with Crippen LogP contribution in [0, 0.1) is 0 Å². The molecular weight excluding hydrogens is 567 g/mol. The highest BCUT2D eigenvalue weighted by molar-refractivity contribution is 6.90. The molecule has 0 aliphatic carbocycles. The predicted molar refractivity (Wildman–Crippen MR) is 131 cm³/mol. The van der Waals surface area contributed by atoms with Crippen molar-refractivity contribution in [1.29, 1.82) is 0 Å². The van der Waals surface area contributed by atoms with Crippen LogP contribution in [0.3, 0.4) is 0 Å². The topological polar surface area (TPSA) is 102 Å². The summed E-state index contributed by atoms with van der Waals surface area (Å²) < 4.78 is 100.0. The first-order valence-electron chi connectivity index (χ1n) is 11.0. The minimum absolute atomic E-state index is 0.129. The van der Waals surface area contributed by atoms with Crippen molar-refractivity contribution in [2.75, 3.05) is 0 Å². The van der Waals surface area contributed by atoms with Crippen molar-refractivity contribution < 1.29 is 58.5 Å². The van der Waals surface area contributed by atoms with Crippen LogP contribution < -0.4 is 0 Å². The maximum atomic E-state index is 14.6. The molecule has 0 spiro atoms. The molecule has 0 heterocycles. The van der Waals surface area contributed by atoms with Crippen LogP contribution in [0.15, 0.2) is 11.1 Å². The summed E-state index contributed by atoms with van der Waals surface area (Å²) in [4.78, 5) is 23.2. The molecule has 0 aromatic heterocycles. The Morgan fingerprint density at radius 3 is 1.33 bits per heavy atom. The molecule has 0 rings (SSSR count). The highest BCUT2D eigenvalue weighted by Gasteiger charge is 2.68. The van der Waals surface area contributed by atoms with E-state index >= 15 is 0 Å². The summed E-state index contributed by atoms with van der Waals surface area (Å²) in [5, 5.41) is 18.6. The number of aliphatic carboxylic acids is 2. The van der Waals surface area contributed by atoms with E-state index in [2.05, 4.69) is 0 Å². The summed E-state index contributed by atoms with van der Waals surface area (Å²) in [6.07, 6.45) is -12.6. The molecular formula is C19H36F6O7Si4. The summed E-state index contributed by atoms with van der Waals surface area (Å²) in [6, 6.07) is -0.129. The van der Waals surface area contributed by atoms with Gasteiger partial charge in [0.2, 0.25) is 0 Å². The molecule has 2 N–H and O–H groups in total. The van der Waals surface area contributed by atoms with Gasteiger partial charge in [-0.1, -0.05) is 0 Å². The van der Waals surface area contributed by atoms with E-state index in [9.17, 15) is 46.1 Å². The van der Waals surface area contributed by atoms with Gasteiger partial charge in [-0.25, -0.2) is 22.8 Å². The second kappa shape index (κ2) is 11.8. The molecule has 0 aromatic rings. The second-order valence-electron chi connectivity index (χ2n) is 11.2. The van der Waals surface area contributed by atoms with Crippen molar-refractivity contribution in [2.45, 2.75) is 96.1 Å². The number of rotatable bonds is 14. The quantitative estimate of drug-likeness (QED) is 0.137. The molecule has 0 bridgehead atoms. The van der Waals surface area contributed by atoms with E-state index < -0.39 is 81.5 Å². The second-order valence-corrected chi connectivity index (χ2v) is 28.1. The van der Waals surface area contributed by atoms with Crippen LogP contribution in [0.5, 0.6) is 0 Å². The van der Waals surface area contributed by atoms with Crippen LogP contribution in [0.1, 0.15) is 12.8 Å². The summed E-state index contributed by atoms with van der Waals surface area (Å²) in [5.41, 5.74) is -9.84. The average molecular weight is 603 g/mol. The fourth-order valence-electron chi connectivity index (χ4n) is 3.31. The number of carboxylic acids is 2. The van der Waals surface area contributed by atoms with Crippen LogP contribution in [0.2, 0.25) is 65.0 Å². The molecule has 0 saturated carbocycles. The van der Waals surface area contributed by atoms with Crippen molar-refractivity contribution in [3.8, 4) is 0 Å². The summed E-state index contributed by atoms with van der Waals surface area (Å²) in [7, 11) is -10.7. The number of carboxylic acid groups (broad SMARTS) is 2. The van der Waals surface area contributed by atoms with Crippen molar-refractivity contribution >= 4 is 45.7 Å². The first-order chi connectivity index (χ1) is 15.7. The third kappa shape index (κ3) is 10.4. The first kappa shape index (κ1) is 35.0. The number of alkyl halides is 6. The van der Waals surface area contributed by atoms with Gasteiger partial charge in [0.05, 0.1) is 11.1 Å². The Hall–Kier alpha value is -0.992. The Labute approximate surface area is 211 Å². The lowest BCUT2D eigenvalue weighted by atomic mass is 9.88. The number of hydrogen-bond donors (Lipinski definition) is 2. The Bertz CT molecular complexity index is 791. The summed E-state index contributed by atoms with van der Waals surface area (Å²) in [6.45, 7) is 16.7. The molecule has 212 valence electrons.